The number of benzene rings is 3. The fourth-order valence-electron chi connectivity index (χ4n) is 3.07. The second-order valence-electron chi connectivity index (χ2n) is 6.58. The summed E-state index contributed by atoms with van der Waals surface area (Å²) in [6.07, 6.45) is 0. The summed E-state index contributed by atoms with van der Waals surface area (Å²) >= 11 is 0. The van der Waals surface area contributed by atoms with Gasteiger partial charge in [-0.2, -0.15) is 5.26 Å². The van der Waals surface area contributed by atoms with Crippen molar-refractivity contribution in [3.05, 3.63) is 87.0 Å². The van der Waals surface area contributed by atoms with Crippen molar-refractivity contribution in [3.63, 3.8) is 0 Å². The van der Waals surface area contributed by atoms with Crippen molar-refractivity contribution in [2.45, 2.75) is 20.8 Å². The van der Waals surface area contributed by atoms with E-state index in [1.807, 2.05) is 39.0 Å². The first-order valence-electron chi connectivity index (χ1n) is 8.68. The van der Waals surface area contributed by atoms with E-state index in [4.69, 9.17) is 10.00 Å². The lowest BCUT2D eigenvalue weighted by Gasteiger charge is -2.14. The maximum atomic E-state index is 11.4. The first-order valence-corrected chi connectivity index (χ1v) is 8.68. The van der Waals surface area contributed by atoms with Crippen LogP contribution < -0.4 is 10.1 Å². The van der Waals surface area contributed by atoms with Crippen molar-refractivity contribution in [1.29, 1.82) is 5.26 Å². The highest BCUT2D eigenvalue weighted by atomic mass is 16.6. The third kappa shape index (κ3) is 4.10. The van der Waals surface area contributed by atoms with Crippen molar-refractivity contribution in [1.82, 2.24) is 0 Å². The molecule has 0 saturated heterocycles. The molecule has 0 atom stereocenters. The van der Waals surface area contributed by atoms with Gasteiger partial charge in [-0.05, 0) is 62.2 Å². The van der Waals surface area contributed by atoms with E-state index >= 15 is 0 Å². The van der Waals surface area contributed by atoms with Crippen LogP contribution >= 0.6 is 0 Å². The fourth-order valence-corrected chi connectivity index (χ4v) is 3.07. The number of nitrogens with one attached hydrogen (secondary N) is 1. The van der Waals surface area contributed by atoms with Gasteiger partial charge >= 0.3 is 0 Å². The molecule has 1 N–H and O–H groups in total. The number of hydrogen-bond donors (Lipinski definition) is 1. The number of nitrogens with zero attached hydrogens (tertiary/aromatic N) is 2. The Hall–Kier alpha value is -3.85. The van der Waals surface area contributed by atoms with Gasteiger partial charge in [-0.3, -0.25) is 10.1 Å². The smallest absolute Gasteiger partial charge is 0.292 e. The van der Waals surface area contributed by atoms with Crippen LogP contribution in [0.3, 0.4) is 0 Å². The first-order chi connectivity index (χ1) is 13.4. The van der Waals surface area contributed by atoms with Gasteiger partial charge in [0.2, 0.25) is 0 Å². The average Bonchev–Trinajstić information content (AvgIpc) is 2.65. The molecule has 0 fully saturated rings. The molecule has 0 amide bonds. The number of nitro benzene ring substituents is 1. The number of anilines is 2. The monoisotopic (exact) mass is 373 g/mol. The predicted octanol–water partition coefficient (Wildman–Crippen LogP) is 5.93. The van der Waals surface area contributed by atoms with E-state index in [1.165, 1.54) is 6.07 Å². The van der Waals surface area contributed by atoms with Crippen LogP contribution in [0.5, 0.6) is 11.5 Å². The zero-order chi connectivity index (χ0) is 20.3. The van der Waals surface area contributed by atoms with Gasteiger partial charge in [0.15, 0.2) is 0 Å². The molecule has 0 radical (unpaired) electrons. The van der Waals surface area contributed by atoms with Gasteiger partial charge in [-0.15, -0.1) is 0 Å². The molecule has 6 nitrogen and oxygen atoms in total. The molecular formula is C22H19N3O3. The lowest BCUT2D eigenvalue weighted by atomic mass is 10.1. The minimum Gasteiger partial charge on any atom is -0.457 e. The van der Waals surface area contributed by atoms with Crippen LogP contribution in [0.15, 0.2) is 54.6 Å². The highest BCUT2D eigenvalue weighted by Crippen LogP contribution is 2.35. The zero-order valence-corrected chi connectivity index (χ0v) is 15.8. The molecule has 0 spiro atoms. The molecule has 3 aromatic carbocycles. The SMILES string of the molecule is Cc1cc(C)c(Oc2ccc([N+](=O)[O-])c(Nc3ccc(C#N)cc3)c2)c(C)c1. The van der Waals surface area contributed by atoms with Crippen LogP contribution in [0.1, 0.15) is 22.3 Å². The average molecular weight is 373 g/mol. The highest BCUT2D eigenvalue weighted by molar-refractivity contribution is 5.71. The Labute approximate surface area is 163 Å². The summed E-state index contributed by atoms with van der Waals surface area (Å²) in [6.45, 7) is 5.96. The van der Waals surface area contributed by atoms with E-state index in [9.17, 15) is 10.1 Å². The molecule has 0 bridgehead atoms. The maximum Gasteiger partial charge on any atom is 0.292 e. The molecule has 0 saturated carbocycles. The standard InChI is InChI=1S/C22H19N3O3/c1-14-10-15(2)22(16(3)11-14)28-19-8-9-21(25(26)27)20(12-19)24-18-6-4-17(13-23)5-7-18/h4-12,24H,1-3H3. The highest BCUT2D eigenvalue weighted by Gasteiger charge is 2.16. The largest absolute Gasteiger partial charge is 0.457 e. The molecule has 28 heavy (non-hydrogen) atoms. The van der Waals surface area contributed by atoms with Crippen molar-refractivity contribution in [2.75, 3.05) is 5.32 Å². The van der Waals surface area contributed by atoms with Crippen LogP contribution in [0.25, 0.3) is 0 Å². The first kappa shape index (κ1) is 18.9. The Morgan fingerprint density at radius 2 is 1.64 bits per heavy atom. The van der Waals surface area contributed by atoms with Crippen LogP contribution in [0.2, 0.25) is 0 Å². The lowest BCUT2D eigenvalue weighted by molar-refractivity contribution is -0.383. The number of rotatable bonds is 5. The Morgan fingerprint density at radius 3 is 2.21 bits per heavy atom. The second-order valence-corrected chi connectivity index (χ2v) is 6.58. The number of nitriles is 1. The van der Waals surface area contributed by atoms with Crippen LogP contribution in [0, 0.1) is 42.2 Å². The van der Waals surface area contributed by atoms with E-state index in [0.717, 1.165) is 22.4 Å². The van der Waals surface area contributed by atoms with E-state index in [2.05, 4.69) is 5.32 Å². The number of nitro groups is 1. The van der Waals surface area contributed by atoms with Gasteiger partial charge in [0.05, 0.1) is 16.6 Å². The molecule has 0 aliphatic rings. The molecule has 0 aromatic heterocycles. The van der Waals surface area contributed by atoms with E-state index in [-0.39, 0.29) is 5.69 Å². The predicted molar refractivity (Wildman–Crippen MR) is 108 cm³/mol. The van der Waals surface area contributed by atoms with Crippen molar-refractivity contribution < 1.29 is 9.66 Å². The minimum absolute atomic E-state index is 0.0611. The number of aryl methyl sites for hydroxylation is 3. The molecule has 0 unspecified atom stereocenters. The van der Waals surface area contributed by atoms with Crippen LogP contribution in [0.4, 0.5) is 17.1 Å². The van der Waals surface area contributed by atoms with Crippen molar-refractivity contribution in [3.8, 4) is 17.6 Å². The zero-order valence-electron chi connectivity index (χ0n) is 15.8. The molecular weight excluding hydrogens is 354 g/mol. The topological polar surface area (TPSA) is 88.2 Å². The molecule has 3 rings (SSSR count). The maximum absolute atomic E-state index is 11.4. The Morgan fingerprint density at radius 1 is 1.00 bits per heavy atom. The van der Waals surface area contributed by atoms with Gasteiger partial charge in [0.1, 0.15) is 17.2 Å². The van der Waals surface area contributed by atoms with E-state index < -0.39 is 4.92 Å². The molecule has 3 aromatic rings. The number of ether oxygens (including phenoxy) is 1. The van der Waals surface area contributed by atoms with Gasteiger partial charge in [0, 0.05) is 17.8 Å². The molecule has 0 aliphatic heterocycles. The van der Waals surface area contributed by atoms with Gasteiger partial charge in [-0.25, -0.2) is 0 Å². The summed E-state index contributed by atoms with van der Waals surface area (Å²) in [5.41, 5.74) is 4.55. The lowest BCUT2D eigenvalue weighted by Crippen LogP contribution is -1.99. The van der Waals surface area contributed by atoms with Crippen molar-refractivity contribution >= 4 is 17.1 Å². The fraction of sp³-hybridized carbons (Fsp3) is 0.136. The van der Waals surface area contributed by atoms with E-state index in [0.29, 0.717) is 22.7 Å². The van der Waals surface area contributed by atoms with Gasteiger partial charge in [-0.1, -0.05) is 17.7 Å². The number of hydrogen-bond acceptors (Lipinski definition) is 5. The summed E-state index contributed by atoms with van der Waals surface area (Å²) in [7, 11) is 0. The van der Waals surface area contributed by atoms with E-state index in [1.54, 1.807) is 36.4 Å². The Balaban J connectivity index is 1.95. The summed E-state index contributed by atoms with van der Waals surface area (Å²) in [5, 5.41) is 23.3. The summed E-state index contributed by atoms with van der Waals surface area (Å²) in [6, 6.07) is 17.4. The molecule has 0 heterocycles. The summed E-state index contributed by atoms with van der Waals surface area (Å²) < 4.78 is 6.04. The normalized spacial score (nSPS) is 10.2. The van der Waals surface area contributed by atoms with Gasteiger partial charge in [0.25, 0.3) is 5.69 Å². The quantitative estimate of drug-likeness (QED) is 0.442. The summed E-state index contributed by atoms with van der Waals surface area (Å²) in [4.78, 5) is 11.0. The summed E-state index contributed by atoms with van der Waals surface area (Å²) in [5.74, 6) is 1.24. The molecule has 0 aliphatic carbocycles. The second kappa shape index (κ2) is 7.80. The van der Waals surface area contributed by atoms with Crippen LogP contribution in [-0.2, 0) is 0 Å². The Bertz CT molecular complexity index is 1060. The third-order valence-electron chi connectivity index (χ3n) is 4.28. The molecule has 140 valence electrons. The van der Waals surface area contributed by atoms with Crippen molar-refractivity contribution in [2.24, 2.45) is 0 Å². The van der Waals surface area contributed by atoms with Crippen LogP contribution in [-0.4, -0.2) is 4.92 Å². The Kier molecular flexibility index (Phi) is 5.28. The third-order valence-corrected chi connectivity index (χ3v) is 4.28. The molecule has 6 heteroatoms. The minimum atomic E-state index is -0.446. The van der Waals surface area contributed by atoms with Gasteiger partial charge < -0.3 is 10.1 Å².